The van der Waals surface area contributed by atoms with E-state index >= 15 is 0 Å². The minimum atomic E-state index is -3.88. The minimum absolute atomic E-state index is 0.0472. The van der Waals surface area contributed by atoms with Crippen molar-refractivity contribution in [2.45, 2.75) is 37.5 Å². The van der Waals surface area contributed by atoms with E-state index in [-0.39, 0.29) is 27.6 Å². The quantitative estimate of drug-likeness (QED) is 0.359. The zero-order valence-corrected chi connectivity index (χ0v) is 24.5. The first-order chi connectivity index (χ1) is 19.7. The molecule has 1 fully saturated rings. The highest BCUT2D eigenvalue weighted by Crippen LogP contribution is 2.48. The second-order valence-corrected chi connectivity index (χ2v) is 13.4. The third kappa shape index (κ3) is 5.36. The first-order valence-electron chi connectivity index (χ1n) is 13.9. The Morgan fingerprint density at radius 1 is 1.15 bits per heavy atom. The SMILES string of the molecule is CNC(=O)Nc1ccc(S(=O)(=O)N(CC2CC2)C[C@H]2CCC3=C2[C@@H](C)C2=CNN(c4ccc(F)cc4)C2=C3)c(Cl)c1. The molecule has 0 saturated heterocycles. The van der Waals surface area contributed by atoms with E-state index in [4.69, 9.17) is 11.6 Å². The number of anilines is 2. The molecule has 8 nitrogen and oxygen atoms in total. The van der Waals surface area contributed by atoms with Crippen molar-refractivity contribution in [1.82, 2.24) is 15.0 Å². The smallest absolute Gasteiger partial charge is 0.318 e. The molecule has 6 rings (SSSR count). The first-order valence-corrected chi connectivity index (χ1v) is 15.7. The average molecular weight is 598 g/mol. The van der Waals surface area contributed by atoms with Crippen LogP contribution in [-0.2, 0) is 10.0 Å². The molecule has 2 atom stereocenters. The number of carbonyl (C=O) groups is 1. The zero-order valence-electron chi connectivity index (χ0n) is 23.0. The van der Waals surface area contributed by atoms with Crippen LogP contribution in [0.3, 0.4) is 0 Å². The lowest BCUT2D eigenvalue weighted by atomic mass is 9.80. The fraction of sp³-hybridized carbons (Fsp3) is 0.367. The van der Waals surface area contributed by atoms with Gasteiger partial charge >= 0.3 is 6.03 Å². The van der Waals surface area contributed by atoms with Gasteiger partial charge in [0, 0.05) is 43.5 Å². The van der Waals surface area contributed by atoms with Gasteiger partial charge in [0.05, 0.1) is 16.4 Å². The van der Waals surface area contributed by atoms with Crippen molar-refractivity contribution >= 4 is 39.0 Å². The number of hydrogen-bond donors (Lipinski definition) is 3. The number of hydrazine groups is 1. The van der Waals surface area contributed by atoms with Gasteiger partial charge in [-0.1, -0.05) is 24.1 Å². The number of fused-ring (bicyclic) bond motifs is 1. The summed E-state index contributed by atoms with van der Waals surface area (Å²) in [7, 11) is -2.38. The summed E-state index contributed by atoms with van der Waals surface area (Å²) in [5.74, 6) is 0.271. The van der Waals surface area contributed by atoms with Gasteiger partial charge in [-0.3, -0.25) is 5.01 Å². The number of urea groups is 1. The lowest BCUT2D eigenvalue weighted by Gasteiger charge is -2.32. The highest BCUT2D eigenvalue weighted by Gasteiger charge is 2.41. The molecule has 1 heterocycles. The third-order valence-corrected chi connectivity index (χ3v) is 10.7. The molecule has 0 aromatic heterocycles. The molecule has 3 aliphatic carbocycles. The summed E-state index contributed by atoms with van der Waals surface area (Å²) in [6.45, 7) is 3.04. The molecule has 2 aromatic carbocycles. The van der Waals surface area contributed by atoms with Crippen LogP contribution in [-0.4, -0.2) is 38.9 Å². The Labute approximate surface area is 244 Å². The molecule has 2 amide bonds. The Morgan fingerprint density at radius 2 is 1.90 bits per heavy atom. The van der Waals surface area contributed by atoms with Gasteiger partial charge in [-0.15, -0.1) is 0 Å². The monoisotopic (exact) mass is 597 g/mol. The topological polar surface area (TPSA) is 93.8 Å². The van der Waals surface area contributed by atoms with Gasteiger partial charge in [-0.05, 0) is 91.6 Å². The van der Waals surface area contributed by atoms with Crippen molar-refractivity contribution in [3.63, 3.8) is 0 Å². The van der Waals surface area contributed by atoms with Crippen molar-refractivity contribution in [2.24, 2.45) is 17.8 Å². The van der Waals surface area contributed by atoms with E-state index in [0.717, 1.165) is 42.6 Å². The summed E-state index contributed by atoms with van der Waals surface area (Å²) < 4.78 is 43.1. The van der Waals surface area contributed by atoms with Gasteiger partial charge in [0.2, 0.25) is 10.0 Å². The van der Waals surface area contributed by atoms with E-state index in [2.05, 4.69) is 29.1 Å². The number of nitrogens with one attached hydrogen (secondary N) is 3. The fourth-order valence-corrected chi connectivity index (χ4v) is 8.21. The van der Waals surface area contributed by atoms with Crippen LogP contribution in [0.4, 0.5) is 20.6 Å². The number of rotatable bonds is 8. The van der Waals surface area contributed by atoms with E-state index in [9.17, 15) is 17.6 Å². The predicted octanol–water partition coefficient (Wildman–Crippen LogP) is 5.78. The van der Waals surface area contributed by atoms with E-state index in [1.165, 1.54) is 42.5 Å². The lowest BCUT2D eigenvalue weighted by molar-refractivity contribution is 0.254. The number of halogens is 2. The summed E-state index contributed by atoms with van der Waals surface area (Å²) in [5, 5.41) is 7.14. The summed E-state index contributed by atoms with van der Waals surface area (Å²) in [6.07, 6.45) is 7.97. The molecular formula is C30H33ClFN5O3S. The van der Waals surface area contributed by atoms with E-state index < -0.39 is 16.1 Å². The van der Waals surface area contributed by atoms with Crippen LogP contribution >= 0.6 is 11.6 Å². The molecule has 41 heavy (non-hydrogen) atoms. The van der Waals surface area contributed by atoms with Crippen molar-refractivity contribution < 1.29 is 17.6 Å². The molecule has 1 aliphatic heterocycles. The number of hydrogen-bond acceptors (Lipinski definition) is 5. The van der Waals surface area contributed by atoms with Gasteiger partial charge < -0.3 is 16.1 Å². The molecule has 11 heteroatoms. The molecule has 2 aromatic rings. The Morgan fingerprint density at radius 3 is 2.59 bits per heavy atom. The molecule has 1 saturated carbocycles. The first kappa shape index (κ1) is 27.8. The highest BCUT2D eigenvalue weighted by atomic mass is 35.5. The summed E-state index contributed by atoms with van der Waals surface area (Å²) in [6, 6.07) is 10.5. The van der Waals surface area contributed by atoms with Crippen LogP contribution in [0.1, 0.15) is 32.6 Å². The van der Waals surface area contributed by atoms with Crippen LogP contribution in [0.2, 0.25) is 5.02 Å². The van der Waals surface area contributed by atoms with Crippen molar-refractivity contribution in [3.8, 4) is 0 Å². The van der Waals surface area contributed by atoms with E-state index in [1.807, 2.05) is 11.2 Å². The second kappa shape index (κ2) is 10.8. The van der Waals surface area contributed by atoms with Gasteiger partial charge in [-0.25, -0.2) is 17.6 Å². The third-order valence-electron chi connectivity index (χ3n) is 8.40. The minimum Gasteiger partial charge on any atom is -0.341 e. The highest BCUT2D eigenvalue weighted by molar-refractivity contribution is 7.89. The maximum atomic E-state index is 14.0. The Balaban J connectivity index is 1.27. The van der Waals surface area contributed by atoms with Gasteiger partial charge in [0.1, 0.15) is 10.7 Å². The molecule has 0 radical (unpaired) electrons. The standard InChI is InChI=1S/C30H33ClFN5O3S/c1-18-25-15-34-37(24-10-7-22(32)8-11-24)27(25)13-20-5-6-21(29(18)20)17-36(16-19-3-4-19)41(39,40)28-12-9-23(14-26(28)31)35-30(38)33-2/h7-15,18-19,21,34H,3-6,16-17H2,1-2H3,(H2,33,35,38)/t18-,21+/m0/s1. The zero-order chi connectivity index (χ0) is 28.9. The van der Waals surface area contributed by atoms with Crippen LogP contribution in [0.5, 0.6) is 0 Å². The molecule has 216 valence electrons. The predicted molar refractivity (Wildman–Crippen MR) is 158 cm³/mol. The van der Waals surface area contributed by atoms with Crippen LogP contribution in [0.25, 0.3) is 0 Å². The maximum Gasteiger partial charge on any atom is 0.318 e. The van der Waals surface area contributed by atoms with Crippen LogP contribution < -0.4 is 21.1 Å². The summed E-state index contributed by atoms with van der Waals surface area (Å²) >= 11 is 6.49. The van der Waals surface area contributed by atoms with E-state index in [1.54, 1.807) is 22.5 Å². The molecule has 0 spiro atoms. The number of benzene rings is 2. The molecule has 0 unspecified atom stereocenters. The fourth-order valence-electron chi connectivity index (χ4n) is 6.13. The lowest BCUT2D eigenvalue weighted by Crippen LogP contribution is -2.38. The normalized spacial score (nSPS) is 21.7. The second-order valence-electron chi connectivity index (χ2n) is 11.1. The van der Waals surface area contributed by atoms with Crippen LogP contribution in [0, 0.1) is 23.6 Å². The summed E-state index contributed by atoms with van der Waals surface area (Å²) in [4.78, 5) is 11.7. The average Bonchev–Trinajstić information content (AvgIpc) is 3.52. The van der Waals surface area contributed by atoms with E-state index in [0.29, 0.717) is 24.7 Å². The van der Waals surface area contributed by atoms with Crippen molar-refractivity contribution in [2.75, 3.05) is 30.5 Å². The molecule has 0 bridgehead atoms. The van der Waals surface area contributed by atoms with Crippen molar-refractivity contribution in [3.05, 3.63) is 88.0 Å². The van der Waals surface area contributed by atoms with Gasteiger partial charge in [-0.2, -0.15) is 4.31 Å². The Hall–Kier alpha value is -3.34. The number of nitrogens with zero attached hydrogens (tertiary/aromatic N) is 2. The molecular weight excluding hydrogens is 565 g/mol. The Kier molecular flexibility index (Phi) is 7.33. The van der Waals surface area contributed by atoms with Gasteiger partial charge in [0.15, 0.2) is 0 Å². The largest absolute Gasteiger partial charge is 0.341 e. The molecule has 4 aliphatic rings. The van der Waals surface area contributed by atoms with Crippen LogP contribution in [0.15, 0.2) is 82.1 Å². The number of amides is 2. The number of carbonyl (C=O) groups excluding carboxylic acids is 1. The molecule has 3 N–H and O–H groups in total. The number of allylic oxidation sites excluding steroid dienone is 3. The Bertz CT molecular complexity index is 1580. The summed E-state index contributed by atoms with van der Waals surface area (Å²) in [5.41, 5.74) is 9.30. The number of sulfonamides is 1. The van der Waals surface area contributed by atoms with Gasteiger partial charge in [0.25, 0.3) is 0 Å². The maximum absolute atomic E-state index is 14.0. The van der Waals surface area contributed by atoms with Crippen molar-refractivity contribution in [1.29, 1.82) is 0 Å².